The van der Waals surface area contributed by atoms with Gasteiger partial charge in [0.2, 0.25) is 5.91 Å². The number of carbonyl (C=O) groups is 2. The summed E-state index contributed by atoms with van der Waals surface area (Å²) in [6, 6.07) is 26.2. The topological polar surface area (TPSA) is 73.2 Å². The predicted molar refractivity (Wildman–Crippen MR) is 136 cm³/mol. The number of rotatable bonds is 6. The Labute approximate surface area is 208 Å². The Kier molecular flexibility index (Phi) is 7.36. The standard InChI is InChI=1S/C27H22ClN3O2S/c1-18-7-5-6-10-20(18)15-24-26(33)31(22-13-11-21(28)12-14-22)27(34-24)23(16-29)25(32)30-17-19-8-3-2-4-9-19/h2-14,24H,15,17H2,1H3,(H,30,32). The first-order chi connectivity index (χ1) is 16.5. The molecular weight excluding hydrogens is 466 g/mol. The lowest BCUT2D eigenvalue weighted by Gasteiger charge is -2.19. The Balaban J connectivity index is 1.68. The van der Waals surface area contributed by atoms with E-state index in [1.54, 1.807) is 24.3 Å². The summed E-state index contributed by atoms with van der Waals surface area (Å²) in [5.74, 6) is -0.689. The number of nitriles is 1. The van der Waals surface area contributed by atoms with Gasteiger partial charge < -0.3 is 5.32 Å². The van der Waals surface area contributed by atoms with Crippen molar-refractivity contribution in [2.75, 3.05) is 4.90 Å². The van der Waals surface area contributed by atoms with Crippen LogP contribution in [0.1, 0.15) is 16.7 Å². The first-order valence-corrected chi connectivity index (χ1v) is 12.0. The van der Waals surface area contributed by atoms with Crippen molar-refractivity contribution < 1.29 is 9.59 Å². The van der Waals surface area contributed by atoms with Gasteiger partial charge in [-0.25, -0.2) is 0 Å². The van der Waals surface area contributed by atoms with Crippen LogP contribution in [-0.4, -0.2) is 17.1 Å². The fraction of sp³-hybridized carbons (Fsp3) is 0.148. The zero-order valence-corrected chi connectivity index (χ0v) is 20.1. The summed E-state index contributed by atoms with van der Waals surface area (Å²) < 4.78 is 0. The van der Waals surface area contributed by atoms with Crippen molar-refractivity contribution in [3.8, 4) is 6.07 Å². The third-order valence-electron chi connectivity index (χ3n) is 5.55. The van der Waals surface area contributed by atoms with E-state index in [0.29, 0.717) is 22.2 Å². The average Bonchev–Trinajstić information content (AvgIpc) is 3.16. The van der Waals surface area contributed by atoms with Crippen molar-refractivity contribution in [1.82, 2.24) is 5.32 Å². The molecule has 1 heterocycles. The molecular formula is C27H22ClN3O2S. The molecule has 1 aliphatic rings. The first-order valence-electron chi connectivity index (χ1n) is 10.7. The summed E-state index contributed by atoms with van der Waals surface area (Å²) in [6.07, 6.45) is 0.494. The molecule has 1 aliphatic heterocycles. The molecule has 2 amide bonds. The molecule has 0 bridgehead atoms. The van der Waals surface area contributed by atoms with Gasteiger partial charge in [0.1, 0.15) is 16.7 Å². The van der Waals surface area contributed by atoms with E-state index in [1.165, 1.54) is 16.7 Å². The summed E-state index contributed by atoms with van der Waals surface area (Å²) in [6.45, 7) is 2.29. The van der Waals surface area contributed by atoms with Crippen molar-refractivity contribution in [3.63, 3.8) is 0 Å². The van der Waals surface area contributed by atoms with E-state index in [0.717, 1.165) is 16.7 Å². The van der Waals surface area contributed by atoms with Crippen molar-refractivity contribution in [2.45, 2.75) is 25.1 Å². The second kappa shape index (κ2) is 10.6. The number of benzene rings is 3. The lowest BCUT2D eigenvalue weighted by Crippen LogP contribution is -2.32. The van der Waals surface area contributed by atoms with Gasteiger partial charge in [-0.05, 0) is 54.3 Å². The van der Waals surface area contributed by atoms with E-state index in [4.69, 9.17) is 11.6 Å². The Hall–Kier alpha value is -3.53. The van der Waals surface area contributed by atoms with Gasteiger partial charge in [-0.1, -0.05) is 78.0 Å². The highest BCUT2D eigenvalue weighted by molar-refractivity contribution is 8.05. The predicted octanol–water partition coefficient (Wildman–Crippen LogP) is 5.39. The number of carbonyl (C=O) groups excluding carboxylic acids is 2. The quantitative estimate of drug-likeness (QED) is 0.373. The molecule has 3 aromatic carbocycles. The molecule has 4 rings (SSSR count). The van der Waals surface area contributed by atoms with Crippen LogP contribution < -0.4 is 10.2 Å². The lowest BCUT2D eigenvalue weighted by atomic mass is 10.0. The number of hydrogen-bond donors (Lipinski definition) is 1. The van der Waals surface area contributed by atoms with E-state index >= 15 is 0 Å². The van der Waals surface area contributed by atoms with Crippen LogP contribution in [0.3, 0.4) is 0 Å². The van der Waals surface area contributed by atoms with Crippen molar-refractivity contribution in [2.24, 2.45) is 0 Å². The highest BCUT2D eigenvalue weighted by Crippen LogP contribution is 2.42. The molecule has 34 heavy (non-hydrogen) atoms. The van der Waals surface area contributed by atoms with Crippen LogP contribution in [0.15, 0.2) is 89.5 Å². The highest BCUT2D eigenvalue weighted by atomic mass is 35.5. The van der Waals surface area contributed by atoms with E-state index in [1.807, 2.05) is 67.6 Å². The van der Waals surface area contributed by atoms with Crippen molar-refractivity contribution in [1.29, 1.82) is 5.26 Å². The maximum Gasteiger partial charge on any atom is 0.264 e. The van der Waals surface area contributed by atoms with Crippen LogP contribution in [0.25, 0.3) is 0 Å². The number of anilines is 1. The molecule has 1 saturated heterocycles. The zero-order chi connectivity index (χ0) is 24.1. The van der Waals surface area contributed by atoms with Gasteiger partial charge in [0.25, 0.3) is 5.91 Å². The van der Waals surface area contributed by atoms with Gasteiger partial charge in [0.15, 0.2) is 0 Å². The molecule has 0 aromatic heterocycles. The Morgan fingerprint density at radius 1 is 1.06 bits per heavy atom. The normalized spacial score (nSPS) is 16.8. The van der Waals surface area contributed by atoms with E-state index in [2.05, 4.69) is 5.32 Å². The SMILES string of the molecule is Cc1ccccc1CC1SC(=C(C#N)C(=O)NCc2ccccc2)N(c2ccc(Cl)cc2)C1=O. The summed E-state index contributed by atoms with van der Waals surface area (Å²) in [5, 5.41) is 13.1. The maximum absolute atomic E-state index is 13.5. The minimum absolute atomic E-state index is 0.0866. The molecule has 0 saturated carbocycles. The minimum Gasteiger partial charge on any atom is -0.347 e. The molecule has 0 aliphatic carbocycles. The third-order valence-corrected chi connectivity index (χ3v) is 7.07. The maximum atomic E-state index is 13.5. The fourth-order valence-corrected chi connectivity index (χ4v) is 5.14. The molecule has 1 atom stereocenters. The van der Waals surface area contributed by atoms with Crippen LogP contribution in [0, 0.1) is 18.3 Å². The van der Waals surface area contributed by atoms with E-state index < -0.39 is 11.2 Å². The summed E-state index contributed by atoms with van der Waals surface area (Å²) in [4.78, 5) is 28.0. The van der Waals surface area contributed by atoms with Crippen LogP contribution >= 0.6 is 23.4 Å². The zero-order valence-electron chi connectivity index (χ0n) is 18.5. The summed E-state index contributed by atoms with van der Waals surface area (Å²) >= 11 is 7.30. The largest absolute Gasteiger partial charge is 0.347 e. The van der Waals surface area contributed by atoms with Gasteiger partial charge in [0, 0.05) is 17.3 Å². The summed E-state index contributed by atoms with van der Waals surface area (Å²) in [5.41, 5.74) is 3.54. The molecule has 7 heteroatoms. The number of nitrogens with zero attached hydrogens (tertiary/aromatic N) is 2. The highest BCUT2D eigenvalue weighted by Gasteiger charge is 2.40. The molecule has 0 spiro atoms. The number of hydrogen-bond acceptors (Lipinski definition) is 4. The Morgan fingerprint density at radius 3 is 2.41 bits per heavy atom. The number of nitrogens with one attached hydrogen (secondary N) is 1. The molecule has 3 aromatic rings. The number of thioether (sulfide) groups is 1. The second-order valence-corrected chi connectivity index (χ2v) is 9.48. The van der Waals surface area contributed by atoms with Crippen molar-refractivity contribution in [3.05, 3.63) is 111 Å². The number of aryl methyl sites for hydroxylation is 1. The van der Waals surface area contributed by atoms with E-state index in [-0.39, 0.29) is 18.0 Å². The van der Waals surface area contributed by atoms with Crippen LogP contribution in [0.5, 0.6) is 0 Å². The van der Waals surface area contributed by atoms with Gasteiger partial charge in [-0.2, -0.15) is 5.26 Å². The fourth-order valence-electron chi connectivity index (χ4n) is 3.72. The van der Waals surface area contributed by atoms with E-state index in [9.17, 15) is 14.9 Å². The van der Waals surface area contributed by atoms with Gasteiger partial charge in [-0.3, -0.25) is 14.5 Å². The average molecular weight is 488 g/mol. The third kappa shape index (κ3) is 5.17. The number of amides is 2. The van der Waals surface area contributed by atoms with Gasteiger partial charge in [0.05, 0.1) is 5.25 Å². The molecule has 1 fully saturated rings. The second-order valence-electron chi connectivity index (χ2n) is 7.85. The molecule has 0 radical (unpaired) electrons. The minimum atomic E-state index is -0.517. The Morgan fingerprint density at radius 2 is 1.74 bits per heavy atom. The van der Waals surface area contributed by atoms with Crippen LogP contribution in [-0.2, 0) is 22.6 Å². The monoisotopic (exact) mass is 487 g/mol. The molecule has 5 nitrogen and oxygen atoms in total. The number of halogens is 1. The molecule has 170 valence electrons. The van der Waals surface area contributed by atoms with Crippen LogP contribution in [0.2, 0.25) is 5.02 Å². The molecule has 1 N–H and O–H groups in total. The lowest BCUT2D eigenvalue weighted by molar-refractivity contribution is -0.117. The van der Waals surface area contributed by atoms with Crippen LogP contribution in [0.4, 0.5) is 5.69 Å². The van der Waals surface area contributed by atoms with Gasteiger partial charge in [-0.15, -0.1) is 0 Å². The first kappa shape index (κ1) is 23.6. The summed E-state index contributed by atoms with van der Waals surface area (Å²) in [7, 11) is 0. The van der Waals surface area contributed by atoms with Crippen molar-refractivity contribution >= 4 is 40.9 Å². The Bertz CT molecular complexity index is 1280. The van der Waals surface area contributed by atoms with Gasteiger partial charge >= 0.3 is 0 Å². The smallest absolute Gasteiger partial charge is 0.264 e. The molecule has 1 unspecified atom stereocenters.